The number of carbonyl (C=O) groups is 1. The van der Waals surface area contributed by atoms with E-state index in [1.807, 2.05) is 30.3 Å². The van der Waals surface area contributed by atoms with E-state index in [4.69, 9.17) is 11.6 Å². The SMILES string of the molecule is O=C(Nc1ccc(S(=O)(=O)Nc2nccs2)cc1)c1nc(SCc2ccccc2)ncc1Cl. The molecular formula is C21H16ClN5O3S3. The molecule has 0 spiro atoms. The topological polar surface area (TPSA) is 114 Å². The highest BCUT2D eigenvalue weighted by Gasteiger charge is 2.17. The Morgan fingerprint density at radius 2 is 1.82 bits per heavy atom. The molecule has 2 heterocycles. The monoisotopic (exact) mass is 517 g/mol. The highest BCUT2D eigenvalue weighted by Crippen LogP contribution is 2.23. The van der Waals surface area contributed by atoms with Crippen molar-refractivity contribution in [1.82, 2.24) is 15.0 Å². The Morgan fingerprint density at radius 1 is 1.06 bits per heavy atom. The third-order valence-corrected chi connectivity index (χ3v) is 7.61. The van der Waals surface area contributed by atoms with Crippen molar-refractivity contribution in [3.05, 3.63) is 88.7 Å². The summed E-state index contributed by atoms with van der Waals surface area (Å²) in [7, 11) is -3.78. The number of sulfonamides is 1. The lowest BCUT2D eigenvalue weighted by Gasteiger charge is -2.09. The van der Waals surface area contributed by atoms with E-state index in [0.29, 0.717) is 16.6 Å². The number of benzene rings is 2. The van der Waals surface area contributed by atoms with Gasteiger partial charge >= 0.3 is 0 Å². The van der Waals surface area contributed by atoms with E-state index >= 15 is 0 Å². The number of nitrogens with one attached hydrogen (secondary N) is 2. The number of aromatic nitrogens is 3. The van der Waals surface area contributed by atoms with Gasteiger partial charge in [-0.05, 0) is 29.8 Å². The molecule has 0 atom stereocenters. The molecule has 0 aliphatic rings. The standard InChI is InChI=1S/C21H16ClN5O3S3/c22-17-12-24-20(32-13-14-4-2-1-3-5-14)26-18(17)19(28)25-15-6-8-16(9-7-15)33(29,30)27-21-23-10-11-31-21/h1-12H,13H2,(H,23,27)(H,25,28). The molecule has 8 nitrogen and oxygen atoms in total. The van der Waals surface area contributed by atoms with Gasteiger partial charge in [0.05, 0.1) is 16.1 Å². The fraction of sp³-hybridized carbons (Fsp3) is 0.0476. The molecule has 33 heavy (non-hydrogen) atoms. The zero-order valence-electron chi connectivity index (χ0n) is 16.8. The Morgan fingerprint density at radius 3 is 2.52 bits per heavy atom. The van der Waals surface area contributed by atoms with Gasteiger partial charge in [0.1, 0.15) is 0 Å². The van der Waals surface area contributed by atoms with Crippen molar-refractivity contribution in [3.63, 3.8) is 0 Å². The first kappa shape index (κ1) is 23.2. The summed E-state index contributed by atoms with van der Waals surface area (Å²) in [5.41, 5.74) is 1.53. The molecule has 0 bridgehead atoms. The third-order valence-electron chi connectivity index (χ3n) is 4.22. The van der Waals surface area contributed by atoms with Gasteiger partial charge in [0.15, 0.2) is 16.0 Å². The molecule has 0 saturated carbocycles. The second-order valence-electron chi connectivity index (χ2n) is 6.54. The lowest BCUT2D eigenvalue weighted by molar-refractivity contribution is 0.102. The number of hydrogen-bond donors (Lipinski definition) is 2. The zero-order chi connectivity index (χ0) is 23.3. The average molecular weight is 518 g/mol. The summed E-state index contributed by atoms with van der Waals surface area (Å²) < 4.78 is 27.3. The predicted octanol–water partition coefficient (Wildman–Crippen LogP) is 4.93. The van der Waals surface area contributed by atoms with Gasteiger partial charge in [-0.3, -0.25) is 9.52 Å². The molecule has 0 aliphatic heterocycles. The molecule has 0 aliphatic carbocycles. The van der Waals surface area contributed by atoms with Crippen LogP contribution in [-0.2, 0) is 15.8 Å². The molecule has 2 aromatic carbocycles. The molecule has 4 rings (SSSR count). The Bertz CT molecular complexity index is 1350. The molecule has 4 aromatic rings. The maximum Gasteiger partial charge on any atom is 0.275 e. The lowest BCUT2D eigenvalue weighted by atomic mass is 10.2. The largest absolute Gasteiger partial charge is 0.321 e. The third kappa shape index (κ3) is 6.08. The summed E-state index contributed by atoms with van der Waals surface area (Å²) >= 11 is 8.70. The van der Waals surface area contributed by atoms with Crippen molar-refractivity contribution in [2.45, 2.75) is 15.8 Å². The second-order valence-corrected chi connectivity index (χ2v) is 10.5. The predicted molar refractivity (Wildman–Crippen MR) is 130 cm³/mol. The molecule has 0 saturated heterocycles. The first-order valence-electron chi connectivity index (χ1n) is 9.44. The van der Waals surface area contributed by atoms with Gasteiger partial charge in [-0.15, -0.1) is 11.3 Å². The van der Waals surface area contributed by atoms with Gasteiger partial charge in [-0.25, -0.2) is 23.4 Å². The smallest absolute Gasteiger partial charge is 0.275 e. The molecule has 1 amide bonds. The van der Waals surface area contributed by atoms with Crippen molar-refractivity contribution in [2.24, 2.45) is 0 Å². The first-order valence-corrected chi connectivity index (χ1v) is 13.2. The van der Waals surface area contributed by atoms with Gasteiger partial charge in [-0.1, -0.05) is 53.7 Å². The molecule has 0 radical (unpaired) electrons. The Hall–Kier alpha value is -2.99. The number of anilines is 2. The Kier molecular flexibility index (Phi) is 7.23. The van der Waals surface area contributed by atoms with Crippen molar-refractivity contribution < 1.29 is 13.2 Å². The fourth-order valence-corrected chi connectivity index (χ4v) is 5.39. The molecule has 168 valence electrons. The average Bonchev–Trinajstić information content (AvgIpc) is 3.32. The Balaban J connectivity index is 1.43. The van der Waals surface area contributed by atoms with Crippen LogP contribution in [0, 0.1) is 0 Å². The first-order chi connectivity index (χ1) is 15.9. The van der Waals surface area contributed by atoms with Crippen LogP contribution in [0.5, 0.6) is 0 Å². The number of halogens is 1. The van der Waals surface area contributed by atoms with Gasteiger partial charge < -0.3 is 5.32 Å². The second kappa shape index (κ2) is 10.3. The number of thioether (sulfide) groups is 1. The van der Waals surface area contributed by atoms with Gasteiger partial charge in [0, 0.05) is 23.0 Å². The molecule has 2 N–H and O–H groups in total. The number of carbonyl (C=O) groups excluding carboxylic acids is 1. The highest BCUT2D eigenvalue weighted by molar-refractivity contribution is 7.98. The van der Waals surface area contributed by atoms with Gasteiger partial charge in [0.2, 0.25) is 0 Å². The van der Waals surface area contributed by atoms with Gasteiger partial charge in [0.25, 0.3) is 15.9 Å². The van der Waals surface area contributed by atoms with E-state index in [9.17, 15) is 13.2 Å². The van der Waals surface area contributed by atoms with Crippen LogP contribution < -0.4 is 10.0 Å². The van der Waals surface area contributed by atoms with Crippen LogP contribution in [0.4, 0.5) is 10.8 Å². The van der Waals surface area contributed by atoms with Crippen LogP contribution in [0.25, 0.3) is 0 Å². The molecule has 2 aromatic heterocycles. The van der Waals surface area contributed by atoms with Crippen LogP contribution in [0.3, 0.4) is 0 Å². The molecular weight excluding hydrogens is 502 g/mol. The fourth-order valence-electron chi connectivity index (χ4n) is 2.66. The van der Waals surface area contributed by atoms with Crippen LogP contribution in [-0.4, -0.2) is 29.3 Å². The summed E-state index contributed by atoms with van der Waals surface area (Å²) in [6.07, 6.45) is 2.89. The Labute approximate surface area is 203 Å². The van der Waals surface area contributed by atoms with Crippen LogP contribution in [0.1, 0.15) is 16.1 Å². The van der Waals surface area contributed by atoms with Crippen LogP contribution in [0.2, 0.25) is 5.02 Å². The normalized spacial score (nSPS) is 11.2. The number of rotatable bonds is 8. The lowest BCUT2D eigenvalue weighted by Crippen LogP contribution is -2.16. The van der Waals surface area contributed by atoms with Crippen LogP contribution >= 0.6 is 34.7 Å². The van der Waals surface area contributed by atoms with Crippen molar-refractivity contribution >= 4 is 61.4 Å². The minimum atomic E-state index is -3.78. The van der Waals surface area contributed by atoms with E-state index in [0.717, 1.165) is 5.56 Å². The van der Waals surface area contributed by atoms with E-state index < -0.39 is 15.9 Å². The maximum absolute atomic E-state index is 12.7. The van der Waals surface area contributed by atoms with E-state index in [-0.39, 0.29) is 20.7 Å². The van der Waals surface area contributed by atoms with E-state index in [2.05, 4.69) is 25.0 Å². The minimum absolute atomic E-state index is 0.0318. The van der Waals surface area contributed by atoms with Crippen molar-refractivity contribution in [2.75, 3.05) is 10.0 Å². The summed E-state index contributed by atoms with van der Waals surface area (Å²) in [4.78, 5) is 25.1. The number of nitrogens with zero attached hydrogens (tertiary/aromatic N) is 3. The summed E-state index contributed by atoms with van der Waals surface area (Å²) in [6.45, 7) is 0. The zero-order valence-corrected chi connectivity index (χ0v) is 20.0. The highest BCUT2D eigenvalue weighted by atomic mass is 35.5. The molecule has 0 fully saturated rings. The summed E-state index contributed by atoms with van der Waals surface area (Å²) in [5, 5.41) is 5.15. The van der Waals surface area contributed by atoms with E-state index in [1.165, 1.54) is 59.8 Å². The molecule has 0 unspecified atom stereocenters. The molecule has 12 heteroatoms. The van der Waals surface area contributed by atoms with Crippen molar-refractivity contribution in [1.29, 1.82) is 0 Å². The van der Waals surface area contributed by atoms with Gasteiger partial charge in [-0.2, -0.15) is 0 Å². The summed E-state index contributed by atoms with van der Waals surface area (Å²) in [5.74, 6) is 0.120. The maximum atomic E-state index is 12.7. The minimum Gasteiger partial charge on any atom is -0.321 e. The number of amides is 1. The summed E-state index contributed by atoms with van der Waals surface area (Å²) in [6, 6.07) is 15.5. The van der Waals surface area contributed by atoms with Crippen molar-refractivity contribution in [3.8, 4) is 0 Å². The quantitative estimate of drug-likeness (QED) is 0.251. The number of hydrogen-bond acceptors (Lipinski definition) is 8. The number of thiazole rings is 1. The van der Waals surface area contributed by atoms with E-state index in [1.54, 1.807) is 5.38 Å². The van der Waals surface area contributed by atoms with Crippen LogP contribution in [0.15, 0.2) is 82.4 Å².